The molecule has 4 aromatic rings. The molecule has 10 heteroatoms. The fourth-order valence-electron chi connectivity index (χ4n) is 4.44. The van der Waals surface area contributed by atoms with Gasteiger partial charge in [-0.05, 0) is 42.3 Å². The van der Waals surface area contributed by atoms with Gasteiger partial charge in [0.1, 0.15) is 11.8 Å². The van der Waals surface area contributed by atoms with Crippen LogP contribution in [0.15, 0.2) is 42.9 Å². The molecular weight excluding hydrogens is 456 g/mol. The van der Waals surface area contributed by atoms with Gasteiger partial charge < -0.3 is 20.5 Å². The predicted octanol–water partition coefficient (Wildman–Crippen LogP) is 3.55. The second kappa shape index (κ2) is 8.94. The monoisotopic (exact) mass is 482 g/mol. The van der Waals surface area contributed by atoms with Crippen LogP contribution in [0.2, 0.25) is 0 Å². The summed E-state index contributed by atoms with van der Waals surface area (Å²) in [6.45, 7) is 4.48. The number of benzene rings is 1. The SMILES string of the molecule is COc1nc(-c2cnn(C)c2)c(C)cc1Nc1nccc(-c2cc(C#N)c3c(c2)[C@@](C)(CO)CN3)n1. The number of aliphatic hydroxyl groups excluding tert-OH is 1. The summed E-state index contributed by atoms with van der Waals surface area (Å²) < 4.78 is 7.28. The zero-order chi connectivity index (χ0) is 25.4. The highest BCUT2D eigenvalue weighted by Gasteiger charge is 2.36. The van der Waals surface area contributed by atoms with E-state index in [0.717, 1.165) is 33.6 Å². The lowest BCUT2D eigenvalue weighted by atomic mass is 9.83. The third-order valence-electron chi connectivity index (χ3n) is 6.46. The van der Waals surface area contributed by atoms with Gasteiger partial charge in [0.2, 0.25) is 11.8 Å². The standard InChI is InChI=1S/C26H26N8O2/c1-15-7-21(24(36-4)33-22(15)18-11-30-34(3)12-18)32-25-28-6-5-20(31-25)16-8-17(10-27)23-19(9-16)26(2,14-35)13-29-23/h5-9,11-12,29,35H,13-14H2,1-4H3,(H,28,31,32)/t26-/m1/s1. The molecule has 0 spiro atoms. The van der Waals surface area contributed by atoms with Gasteiger partial charge in [-0.15, -0.1) is 0 Å². The molecule has 0 radical (unpaired) electrons. The summed E-state index contributed by atoms with van der Waals surface area (Å²) >= 11 is 0. The maximum Gasteiger partial charge on any atom is 0.238 e. The van der Waals surface area contributed by atoms with Gasteiger partial charge in [0.05, 0.1) is 42.6 Å². The maximum absolute atomic E-state index is 9.99. The van der Waals surface area contributed by atoms with Crippen LogP contribution in [0, 0.1) is 18.3 Å². The zero-order valence-electron chi connectivity index (χ0n) is 20.5. The molecule has 1 aliphatic heterocycles. The smallest absolute Gasteiger partial charge is 0.238 e. The fourth-order valence-corrected chi connectivity index (χ4v) is 4.44. The van der Waals surface area contributed by atoms with E-state index in [0.29, 0.717) is 35.3 Å². The number of aromatic nitrogens is 5. The Balaban J connectivity index is 1.51. The van der Waals surface area contributed by atoms with Gasteiger partial charge in [0.25, 0.3) is 0 Å². The van der Waals surface area contributed by atoms with E-state index in [2.05, 4.69) is 31.8 Å². The Kier molecular flexibility index (Phi) is 5.78. The summed E-state index contributed by atoms with van der Waals surface area (Å²) in [5.74, 6) is 0.769. The molecule has 0 amide bonds. The molecule has 3 aromatic heterocycles. The molecule has 36 heavy (non-hydrogen) atoms. The Hall–Kier alpha value is -4.49. The number of aryl methyl sites for hydroxylation is 2. The topological polar surface area (TPSA) is 134 Å². The van der Waals surface area contributed by atoms with Crippen LogP contribution in [0.4, 0.5) is 17.3 Å². The summed E-state index contributed by atoms with van der Waals surface area (Å²) in [5, 5.41) is 30.4. The van der Waals surface area contributed by atoms with Crippen LogP contribution < -0.4 is 15.4 Å². The predicted molar refractivity (Wildman–Crippen MR) is 136 cm³/mol. The lowest BCUT2D eigenvalue weighted by molar-refractivity contribution is 0.219. The van der Waals surface area contributed by atoms with E-state index in [4.69, 9.17) is 9.72 Å². The summed E-state index contributed by atoms with van der Waals surface area (Å²) in [5.41, 5.74) is 6.37. The number of fused-ring (bicyclic) bond motifs is 1. The van der Waals surface area contributed by atoms with Crippen LogP contribution in [-0.4, -0.2) is 50.1 Å². The van der Waals surface area contributed by atoms with E-state index >= 15 is 0 Å². The number of pyridine rings is 1. The Morgan fingerprint density at radius 1 is 1.28 bits per heavy atom. The van der Waals surface area contributed by atoms with Crippen LogP contribution in [0.5, 0.6) is 5.88 Å². The third kappa shape index (κ3) is 3.99. The Labute approximate surface area is 208 Å². The van der Waals surface area contributed by atoms with Gasteiger partial charge >= 0.3 is 0 Å². The zero-order valence-corrected chi connectivity index (χ0v) is 20.5. The molecule has 182 valence electrons. The van der Waals surface area contributed by atoms with Crippen LogP contribution in [0.3, 0.4) is 0 Å². The van der Waals surface area contributed by atoms with E-state index in [9.17, 15) is 10.4 Å². The molecule has 1 atom stereocenters. The second-order valence-electron chi connectivity index (χ2n) is 9.13. The first-order chi connectivity index (χ1) is 17.3. The van der Waals surface area contributed by atoms with Crippen molar-refractivity contribution in [2.45, 2.75) is 19.3 Å². The van der Waals surface area contributed by atoms with E-state index in [1.807, 2.05) is 39.2 Å². The number of nitriles is 1. The number of hydrogen-bond acceptors (Lipinski definition) is 9. The molecule has 4 heterocycles. The lowest BCUT2D eigenvalue weighted by Gasteiger charge is -2.21. The molecule has 0 fully saturated rings. The Morgan fingerprint density at radius 2 is 2.11 bits per heavy atom. The first-order valence-corrected chi connectivity index (χ1v) is 11.4. The van der Waals surface area contributed by atoms with E-state index < -0.39 is 5.41 Å². The van der Waals surface area contributed by atoms with Crippen LogP contribution in [-0.2, 0) is 12.5 Å². The number of nitrogens with zero attached hydrogens (tertiary/aromatic N) is 6. The molecule has 0 bridgehead atoms. The van der Waals surface area contributed by atoms with Crippen molar-refractivity contribution in [1.82, 2.24) is 24.7 Å². The van der Waals surface area contributed by atoms with Crippen molar-refractivity contribution in [3.63, 3.8) is 0 Å². The maximum atomic E-state index is 9.99. The molecule has 0 aliphatic carbocycles. The van der Waals surface area contributed by atoms with E-state index in [-0.39, 0.29) is 6.61 Å². The minimum Gasteiger partial charge on any atom is -0.479 e. The number of ether oxygens (including phenoxy) is 1. The number of anilines is 3. The van der Waals surface area contributed by atoms with Gasteiger partial charge in [-0.25, -0.2) is 15.0 Å². The Morgan fingerprint density at radius 3 is 2.81 bits per heavy atom. The van der Waals surface area contributed by atoms with Gasteiger partial charge in [0, 0.05) is 42.5 Å². The Bertz CT molecular complexity index is 1510. The molecule has 5 rings (SSSR count). The highest BCUT2D eigenvalue weighted by atomic mass is 16.5. The number of rotatable bonds is 6. The van der Waals surface area contributed by atoms with Gasteiger partial charge in [-0.2, -0.15) is 10.4 Å². The molecule has 1 aliphatic rings. The average molecular weight is 483 g/mol. The number of hydrogen-bond donors (Lipinski definition) is 3. The minimum absolute atomic E-state index is 0.0287. The van der Waals surface area contributed by atoms with Gasteiger partial charge in [0.15, 0.2) is 0 Å². The van der Waals surface area contributed by atoms with Crippen LogP contribution in [0.1, 0.15) is 23.6 Å². The first-order valence-electron chi connectivity index (χ1n) is 11.4. The minimum atomic E-state index is -0.475. The normalized spacial score (nSPS) is 16.2. The molecule has 3 N–H and O–H groups in total. The van der Waals surface area contributed by atoms with Crippen molar-refractivity contribution in [1.29, 1.82) is 5.26 Å². The third-order valence-corrected chi connectivity index (χ3v) is 6.46. The van der Waals surface area contributed by atoms with Crippen molar-refractivity contribution in [3.8, 4) is 34.5 Å². The number of aliphatic hydroxyl groups is 1. The van der Waals surface area contributed by atoms with Crippen molar-refractivity contribution in [2.75, 3.05) is 30.9 Å². The van der Waals surface area contributed by atoms with E-state index in [1.165, 1.54) is 0 Å². The lowest BCUT2D eigenvalue weighted by Crippen LogP contribution is -2.28. The highest BCUT2D eigenvalue weighted by Crippen LogP contribution is 2.41. The molecule has 1 aromatic carbocycles. The number of nitrogens with one attached hydrogen (secondary N) is 2. The summed E-state index contributed by atoms with van der Waals surface area (Å²) in [6, 6.07) is 9.77. The largest absolute Gasteiger partial charge is 0.479 e. The van der Waals surface area contributed by atoms with Gasteiger partial charge in [-0.1, -0.05) is 6.92 Å². The molecule has 10 nitrogen and oxygen atoms in total. The quantitative estimate of drug-likeness (QED) is 0.377. The average Bonchev–Trinajstić information content (AvgIpc) is 3.47. The molecule has 0 saturated heterocycles. The van der Waals surface area contributed by atoms with Gasteiger partial charge in [-0.3, -0.25) is 4.68 Å². The van der Waals surface area contributed by atoms with E-state index in [1.54, 1.807) is 36.3 Å². The summed E-state index contributed by atoms with van der Waals surface area (Å²) in [6.07, 6.45) is 5.32. The van der Waals surface area contributed by atoms with Crippen LogP contribution >= 0.6 is 0 Å². The van der Waals surface area contributed by atoms with Crippen molar-refractivity contribution < 1.29 is 9.84 Å². The van der Waals surface area contributed by atoms with Crippen LogP contribution in [0.25, 0.3) is 22.5 Å². The molecule has 0 saturated carbocycles. The summed E-state index contributed by atoms with van der Waals surface area (Å²) in [4.78, 5) is 13.7. The second-order valence-corrected chi connectivity index (χ2v) is 9.13. The fraction of sp³-hybridized carbons (Fsp3) is 0.269. The molecular formula is C26H26N8O2. The first kappa shape index (κ1) is 23.3. The number of methoxy groups -OCH3 is 1. The van der Waals surface area contributed by atoms with Crippen molar-refractivity contribution in [3.05, 3.63) is 59.5 Å². The summed E-state index contributed by atoms with van der Waals surface area (Å²) in [7, 11) is 3.42. The van der Waals surface area contributed by atoms with Crippen molar-refractivity contribution in [2.24, 2.45) is 7.05 Å². The highest BCUT2D eigenvalue weighted by molar-refractivity contribution is 5.77. The van der Waals surface area contributed by atoms with Crippen molar-refractivity contribution >= 4 is 17.3 Å². The molecule has 0 unspecified atom stereocenters.